The first kappa shape index (κ1) is 5.27. The van der Waals surface area contributed by atoms with Crippen molar-refractivity contribution in [3.63, 3.8) is 0 Å². The molecule has 0 aromatic rings. The smallest absolute Gasteiger partial charge is 0.0197 e. The van der Waals surface area contributed by atoms with Gasteiger partial charge in [0.1, 0.15) is 0 Å². The van der Waals surface area contributed by atoms with Crippen molar-refractivity contribution in [2.75, 3.05) is 13.1 Å². The molecule has 0 saturated heterocycles. The Hall–Kier alpha value is 0.130. The van der Waals surface area contributed by atoms with Crippen LogP contribution in [0.3, 0.4) is 0 Å². The van der Waals surface area contributed by atoms with E-state index in [1.54, 1.807) is 0 Å². The fraction of sp³-hybridized carbons (Fsp3) is 0.600. The van der Waals surface area contributed by atoms with Gasteiger partial charge < -0.3 is 0 Å². The van der Waals surface area contributed by atoms with Gasteiger partial charge in [0.15, 0.2) is 0 Å². The third kappa shape index (κ3) is 1.58. The van der Waals surface area contributed by atoms with E-state index in [0.29, 0.717) is 0 Å². The van der Waals surface area contributed by atoms with E-state index >= 15 is 0 Å². The minimum absolute atomic E-state index is 1.10. The lowest BCUT2D eigenvalue weighted by Gasteiger charge is -2.15. The molecule has 0 N–H and O–H groups in total. The maximum Gasteiger partial charge on any atom is 0.0197 e. The van der Waals surface area contributed by atoms with E-state index in [-0.39, 0.29) is 0 Å². The second-order valence-corrected chi connectivity index (χ2v) is 2.49. The Morgan fingerprint density at radius 2 is 2.29 bits per heavy atom. The van der Waals surface area contributed by atoms with Crippen LogP contribution in [0.15, 0.2) is 12.2 Å². The molecular weight excluding hydrogens is 105 g/mol. The molecule has 2 heteroatoms. The predicted octanol–water partition coefficient (Wildman–Crippen LogP) is 1.04. The first-order valence-corrected chi connectivity index (χ1v) is 3.06. The van der Waals surface area contributed by atoms with Crippen LogP contribution in [0, 0.1) is 0 Å². The van der Waals surface area contributed by atoms with Gasteiger partial charge in [-0.1, -0.05) is 21.5 Å². The predicted molar refractivity (Wildman–Crippen MR) is 35.0 cm³/mol. The summed E-state index contributed by atoms with van der Waals surface area (Å²) in [7, 11) is 2.69. The summed E-state index contributed by atoms with van der Waals surface area (Å²) in [6.45, 7) is 2.30. The van der Waals surface area contributed by atoms with Gasteiger partial charge in [0.2, 0.25) is 0 Å². The van der Waals surface area contributed by atoms with E-state index < -0.39 is 0 Å². The van der Waals surface area contributed by atoms with Gasteiger partial charge in [-0.15, -0.1) is 0 Å². The van der Waals surface area contributed by atoms with E-state index in [1.807, 2.05) is 0 Å². The molecule has 0 spiro atoms. The highest BCUT2D eigenvalue weighted by molar-refractivity contribution is 7.13. The van der Waals surface area contributed by atoms with Gasteiger partial charge >= 0.3 is 0 Å². The van der Waals surface area contributed by atoms with Crippen LogP contribution in [0.1, 0.15) is 6.42 Å². The second-order valence-electron chi connectivity index (χ2n) is 1.76. The van der Waals surface area contributed by atoms with Crippen LogP contribution in [0.2, 0.25) is 0 Å². The van der Waals surface area contributed by atoms with Crippen molar-refractivity contribution in [2.45, 2.75) is 6.42 Å². The fourth-order valence-electron chi connectivity index (χ4n) is 0.659. The molecule has 1 rings (SSSR count). The molecule has 0 bridgehead atoms. The highest BCUT2D eigenvalue weighted by atomic mass is 31.0. The van der Waals surface area contributed by atoms with E-state index in [1.165, 1.54) is 13.0 Å². The monoisotopic (exact) mass is 115 g/mol. The van der Waals surface area contributed by atoms with Crippen LogP contribution in [0.25, 0.3) is 0 Å². The van der Waals surface area contributed by atoms with Crippen molar-refractivity contribution in [1.82, 2.24) is 4.67 Å². The van der Waals surface area contributed by atoms with Crippen LogP contribution in [-0.4, -0.2) is 17.8 Å². The summed E-state index contributed by atoms with van der Waals surface area (Å²) >= 11 is 0. The summed E-state index contributed by atoms with van der Waals surface area (Å²) in [5.41, 5.74) is 0. The number of hydrogen-bond donors (Lipinski definition) is 0. The SMILES string of the molecule is PN1CC=CCC1. The Morgan fingerprint density at radius 1 is 1.43 bits per heavy atom. The molecule has 0 fully saturated rings. The molecule has 0 amide bonds. The third-order valence-corrected chi connectivity index (χ3v) is 1.56. The van der Waals surface area contributed by atoms with Crippen LogP contribution >= 0.6 is 9.39 Å². The molecule has 1 heterocycles. The molecule has 0 aliphatic carbocycles. The highest BCUT2D eigenvalue weighted by Gasteiger charge is 1.95. The van der Waals surface area contributed by atoms with Crippen molar-refractivity contribution in [3.05, 3.63) is 12.2 Å². The van der Waals surface area contributed by atoms with Crippen LogP contribution in [-0.2, 0) is 0 Å². The molecule has 1 aliphatic heterocycles. The molecule has 0 aromatic heterocycles. The summed E-state index contributed by atoms with van der Waals surface area (Å²) in [6.07, 6.45) is 5.63. The van der Waals surface area contributed by atoms with Gasteiger partial charge in [-0.25, -0.2) is 0 Å². The molecular formula is C5H10NP. The van der Waals surface area contributed by atoms with Crippen LogP contribution < -0.4 is 0 Å². The summed E-state index contributed by atoms with van der Waals surface area (Å²) < 4.78 is 2.22. The van der Waals surface area contributed by atoms with Crippen molar-refractivity contribution in [2.24, 2.45) is 0 Å². The van der Waals surface area contributed by atoms with Crippen LogP contribution in [0.4, 0.5) is 0 Å². The second kappa shape index (κ2) is 2.44. The van der Waals surface area contributed by atoms with Gasteiger partial charge in [0, 0.05) is 13.1 Å². The van der Waals surface area contributed by atoms with Gasteiger partial charge in [-0.2, -0.15) is 0 Å². The minimum Gasteiger partial charge on any atom is -0.283 e. The lowest BCUT2D eigenvalue weighted by Crippen LogP contribution is -2.14. The number of nitrogens with zero attached hydrogens (tertiary/aromatic N) is 1. The topological polar surface area (TPSA) is 3.24 Å². The first-order chi connectivity index (χ1) is 3.39. The maximum atomic E-state index is 2.69. The summed E-state index contributed by atoms with van der Waals surface area (Å²) in [5.74, 6) is 0. The van der Waals surface area contributed by atoms with Gasteiger partial charge in [-0.3, -0.25) is 4.67 Å². The Kier molecular flexibility index (Phi) is 1.84. The lowest BCUT2D eigenvalue weighted by molar-refractivity contribution is 0.509. The molecule has 40 valence electrons. The zero-order valence-electron chi connectivity index (χ0n) is 4.30. The van der Waals surface area contributed by atoms with Gasteiger partial charge in [0.05, 0.1) is 0 Å². The van der Waals surface area contributed by atoms with E-state index in [4.69, 9.17) is 0 Å². The molecule has 1 unspecified atom stereocenters. The summed E-state index contributed by atoms with van der Waals surface area (Å²) in [4.78, 5) is 0. The maximum absolute atomic E-state index is 2.69. The average Bonchev–Trinajstić information content (AvgIpc) is 1.69. The zero-order chi connectivity index (χ0) is 5.11. The van der Waals surface area contributed by atoms with Gasteiger partial charge in [0.25, 0.3) is 0 Å². The van der Waals surface area contributed by atoms with E-state index in [2.05, 4.69) is 26.2 Å². The minimum atomic E-state index is 1.10. The normalized spacial score (nSPS) is 23.0. The van der Waals surface area contributed by atoms with Gasteiger partial charge in [-0.05, 0) is 6.42 Å². The summed E-state index contributed by atoms with van der Waals surface area (Å²) in [5, 5.41) is 0. The molecule has 0 aromatic carbocycles. The van der Waals surface area contributed by atoms with Crippen molar-refractivity contribution in [3.8, 4) is 0 Å². The Morgan fingerprint density at radius 3 is 2.57 bits per heavy atom. The Balaban J connectivity index is 2.32. The number of hydrogen-bond acceptors (Lipinski definition) is 1. The summed E-state index contributed by atoms with van der Waals surface area (Å²) in [6, 6.07) is 0. The third-order valence-electron chi connectivity index (χ3n) is 1.09. The standard InChI is InChI=1S/C5H10NP/c7-6-4-2-1-3-5-6/h1-2H,3-5,7H2. The van der Waals surface area contributed by atoms with Crippen LogP contribution in [0.5, 0.6) is 0 Å². The quantitative estimate of drug-likeness (QED) is 0.337. The van der Waals surface area contributed by atoms with E-state index in [9.17, 15) is 0 Å². The molecule has 7 heavy (non-hydrogen) atoms. The molecule has 0 radical (unpaired) electrons. The first-order valence-electron chi connectivity index (χ1n) is 2.54. The lowest BCUT2D eigenvalue weighted by atomic mass is 10.3. The Bertz CT molecular complexity index is 80.1. The average molecular weight is 115 g/mol. The Labute approximate surface area is 46.6 Å². The molecule has 1 nitrogen and oxygen atoms in total. The number of rotatable bonds is 0. The molecule has 0 saturated carbocycles. The highest BCUT2D eigenvalue weighted by Crippen LogP contribution is 2.04. The van der Waals surface area contributed by atoms with E-state index in [0.717, 1.165) is 6.54 Å². The zero-order valence-corrected chi connectivity index (χ0v) is 5.46. The van der Waals surface area contributed by atoms with Crippen molar-refractivity contribution >= 4 is 9.39 Å². The van der Waals surface area contributed by atoms with Crippen molar-refractivity contribution in [1.29, 1.82) is 0 Å². The fourth-order valence-corrected chi connectivity index (χ4v) is 0.930. The molecule has 1 atom stereocenters. The molecule has 1 aliphatic rings. The van der Waals surface area contributed by atoms with Crippen molar-refractivity contribution < 1.29 is 0 Å². The largest absolute Gasteiger partial charge is 0.283 e.